The molecule has 2 rings (SSSR count). The molecule has 21 heavy (non-hydrogen) atoms. The lowest BCUT2D eigenvalue weighted by molar-refractivity contribution is 0.0697. The van der Waals surface area contributed by atoms with E-state index in [0.717, 1.165) is 28.0 Å². The molecule has 0 fully saturated rings. The summed E-state index contributed by atoms with van der Waals surface area (Å²) < 4.78 is 5.48. The minimum absolute atomic E-state index is 0.0170. The number of benzene rings is 2. The van der Waals surface area contributed by atoms with Gasteiger partial charge < -0.3 is 14.9 Å². The van der Waals surface area contributed by atoms with Gasteiger partial charge in [-0.05, 0) is 54.3 Å². The van der Waals surface area contributed by atoms with Crippen LogP contribution < -0.4 is 4.74 Å². The van der Waals surface area contributed by atoms with Crippen LogP contribution in [0.5, 0.6) is 5.75 Å². The zero-order valence-corrected chi connectivity index (χ0v) is 12.1. The van der Waals surface area contributed by atoms with E-state index in [1.54, 1.807) is 24.3 Å². The summed E-state index contributed by atoms with van der Waals surface area (Å²) in [5, 5.41) is 17.7. The van der Waals surface area contributed by atoms with Crippen LogP contribution >= 0.6 is 0 Å². The summed E-state index contributed by atoms with van der Waals surface area (Å²) in [4.78, 5) is 10.9. The van der Waals surface area contributed by atoms with E-state index in [0.29, 0.717) is 0 Å². The summed E-state index contributed by atoms with van der Waals surface area (Å²) in [7, 11) is 0. The molecule has 0 spiro atoms. The van der Waals surface area contributed by atoms with Crippen molar-refractivity contribution in [3.05, 3.63) is 53.1 Å². The molecule has 110 valence electrons. The molecule has 2 N–H and O–H groups in total. The predicted molar refractivity (Wildman–Crippen MR) is 80.9 cm³/mol. The Morgan fingerprint density at radius 3 is 2.29 bits per heavy atom. The number of carbonyl (C=O) groups is 1. The summed E-state index contributed by atoms with van der Waals surface area (Å²) in [5.74, 6) is -0.172. The Morgan fingerprint density at radius 2 is 1.71 bits per heavy atom. The van der Waals surface area contributed by atoms with Gasteiger partial charge in [-0.1, -0.05) is 18.2 Å². The van der Waals surface area contributed by atoms with Gasteiger partial charge in [0.05, 0.1) is 12.2 Å². The van der Waals surface area contributed by atoms with Gasteiger partial charge in [0, 0.05) is 0 Å². The molecular weight excluding hydrogens is 268 g/mol. The van der Waals surface area contributed by atoms with E-state index >= 15 is 0 Å². The monoisotopic (exact) mass is 286 g/mol. The molecule has 0 aliphatic rings. The van der Waals surface area contributed by atoms with E-state index < -0.39 is 5.97 Å². The van der Waals surface area contributed by atoms with Gasteiger partial charge in [0.2, 0.25) is 0 Å². The Labute approximate surface area is 123 Å². The molecule has 0 aliphatic carbocycles. The van der Waals surface area contributed by atoms with Gasteiger partial charge in [-0.25, -0.2) is 4.79 Å². The number of hydrogen-bond acceptors (Lipinski definition) is 3. The van der Waals surface area contributed by atoms with Gasteiger partial charge in [-0.3, -0.25) is 0 Å². The predicted octanol–water partition coefficient (Wildman–Crippen LogP) is 3.04. The number of aliphatic hydroxyl groups is 1. The van der Waals surface area contributed by atoms with Crippen LogP contribution in [-0.4, -0.2) is 29.4 Å². The van der Waals surface area contributed by atoms with Crippen LogP contribution in [0, 0.1) is 13.8 Å². The molecule has 2 aromatic carbocycles. The third-order valence-electron chi connectivity index (χ3n) is 3.53. The minimum atomic E-state index is -0.929. The largest absolute Gasteiger partial charge is 0.491 e. The van der Waals surface area contributed by atoms with Gasteiger partial charge in [0.25, 0.3) is 0 Å². The number of carboxylic acids is 1. The van der Waals surface area contributed by atoms with E-state index in [2.05, 4.69) is 0 Å². The second-order valence-corrected chi connectivity index (χ2v) is 4.82. The van der Waals surface area contributed by atoms with Crippen molar-refractivity contribution in [1.82, 2.24) is 0 Å². The van der Waals surface area contributed by atoms with E-state index in [1.165, 1.54) is 0 Å². The Morgan fingerprint density at radius 1 is 1.05 bits per heavy atom. The summed E-state index contributed by atoms with van der Waals surface area (Å²) in [6, 6.07) is 10.6. The first-order valence-corrected chi connectivity index (χ1v) is 6.72. The van der Waals surface area contributed by atoms with Crippen molar-refractivity contribution in [2.24, 2.45) is 0 Å². The van der Waals surface area contributed by atoms with Crippen molar-refractivity contribution < 1.29 is 19.7 Å². The first kappa shape index (κ1) is 15.1. The third-order valence-corrected chi connectivity index (χ3v) is 3.53. The molecule has 0 radical (unpaired) electrons. The lowest BCUT2D eigenvalue weighted by Gasteiger charge is -2.14. The fourth-order valence-corrected chi connectivity index (χ4v) is 2.21. The van der Waals surface area contributed by atoms with E-state index in [1.807, 2.05) is 26.0 Å². The first-order chi connectivity index (χ1) is 10.0. The number of hydrogen-bond donors (Lipinski definition) is 2. The highest BCUT2D eigenvalue weighted by molar-refractivity contribution is 5.88. The van der Waals surface area contributed by atoms with Gasteiger partial charge in [0.15, 0.2) is 0 Å². The molecule has 2 aromatic rings. The van der Waals surface area contributed by atoms with E-state index in [4.69, 9.17) is 14.9 Å². The number of ether oxygens (including phenoxy) is 1. The normalized spacial score (nSPS) is 10.4. The molecule has 0 aliphatic heterocycles. The van der Waals surface area contributed by atoms with Crippen molar-refractivity contribution in [2.45, 2.75) is 13.8 Å². The zero-order chi connectivity index (χ0) is 15.4. The average molecular weight is 286 g/mol. The van der Waals surface area contributed by atoms with E-state index in [9.17, 15) is 4.79 Å². The minimum Gasteiger partial charge on any atom is -0.491 e. The van der Waals surface area contributed by atoms with Gasteiger partial charge in [-0.15, -0.1) is 0 Å². The summed E-state index contributed by atoms with van der Waals surface area (Å²) >= 11 is 0. The molecule has 0 saturated heterocycles. The van der Waals surface area contributed by atoms with Crippen molar-refractivity contribution in [1.29, 1.82) is 0 Å². The molecule has 0 amide bonds. The quantitative estimate of drug-likeness (QED) is 0.886. The maximum absolute atomic E-state index is 10.9. The maximum Gasteiger partial charge on any atom is 0.335 e. The molecule has 4 heteroatoms. The molecule has 0 saturated carbocycles. The van der Waals surface area contributed by atoms with Crippen molar-refractivity contribution in [2.75, 3.05) is 13.2 Å². The number of rotatable bonds is 5. The third kappa shape index (κ3) is 3.23. The van der Waals surface area contributed by atoms with Crippen LogP contribution in [0.15, 0.2) is 36.4 Å². The highest BCUT2D eigenvalue weighted by Gasteiger charge is 2.10. The highest BCUT2D eigenvalue weighted by atomic mass is 16.5. The first-order valence-electron chi connectivity index (χ1n) is 6.72. The molecule has 0 atom stereocenters. The second-order valence-electron chi connectivity index (χ2n) is 4.82. The second kappa shape index (κ2) is 6.41. The fraction of sp³-hybridized carbons (Fsp3) is 0.235. The number of aromatic carboxylic acids is 1. The van der Waals surface area contributed by atoms with Crippen LogP contribution in [0.1, 0.15) is 21.5 Å². The lowest BCUT2D eigenvalue weighted by atomic mass is 9.96. The number of carboxylic acid groups (broad SMARTS) is 1. The topological polar surface area (TPSA) is 66.8 Å². The summed E-state index contributed by atoms with van der Waals surface area (Å²) in [6.07, 6.45) is 0. The van der Waals surface area contributed by atoms with Crippen LogP contribution in [-0.2, 0) is 0 Å². The van der Waals surface area contributed by atoms with Gasteiger partial charge in [-0.2, -0.15) is 0 Å². The highest BCUT2D eigenvalue weighted by Crippen LogP contribution is 2.31. The van der Waals surface area contributed by atoms with Crippen LogP contribution in [0.4, 0.5) is 0 Å². The lowest BCUT2D eigenvalue weighted by Crippen LogP contribution is -2.04. The Balaban J connectivity index is 2.36. The SMILES string of the molecule is Cc1c(OCCO)ccc(-c2ccc(C(=O)O)cc2)c1C. The van der Waals surface area contributed by atoms with Crippen LogP contribution in [0.2, 0.25) is 0 Å². The van der Waals surface area contributed by atoms with Crippen LogP contribution in [0.25, 0.3) is 11.1 Å². The molecule has 0 unspecified atom stereocenters. The molecule has 0 heterocycles. The Hall–Kier alpha value is -2.33. The maximum atomic E-state index is 10.9. The molecular formula is C17H18O4. The average Bonchev–Trinajstić information content (AvgIpc) is 2.49. The zero-order valence-electron chi connectivity index (χ0n) is 12.1. The van der Waals surface area contributed by atoms with Crippen molar-refractivity contribution >= 4 is 5.97 Å². The van der Waals surface area contributed by atoms with Crippen molar-refractivity contribution in [3.8, 4) is 16.9 Å². The molecule has 4 nitrogen and oxygen atoms in total. The van der Waals surface area contributed by atoms with Gasteiger partial charge >= 0.3 is 5.97 Å². The Bertz CT molecular complexity index is 645. The summed E-state index contributed by atoms with van der Waals surface area (Å²) in [6.45, 7) is 4.22. The fourth-order valence-electron chi connectivity index (χ4n) is 2.21. The summed E-state index contributed by atoms with van der Waals surface area (Å²) in [5.41, 5.74) is 4.38. The number of aliphatic hydroxyl groups excluding tert-OH is 1. The molecule has 0 bridgehead atoms. The van der Waals surface area contributed by atoms with Crippen molar-refractivity contribution in [3.63, 3.8) is 0 Å². The van der Waals surface area contributed by atoms with Gasteiger partial charge in [0.1, 0.15) is 12.4 Å². The Kier molecular flexibility index (Phi) is 4.60. The standard InChI is InChI=1S/C17H18O4/c1-11-12(2)16(21-10-9-18)8-7-15(11)13-3-5-14(6-4-13)17(19)20/h3-8,18H,9-10H2,1-2H3,(H,19,20). The molecule has 0 aromatic heterocycles. The van der Waals surface area contributed by atoms with E-state index in [-0.39, 0.29) is 18.8 Å². The van der Waals surface area contributed by atoms with Crippen LogP contribution in [0.3, 0.4) is 0 Å². The smallest absolute Gasteiger partial charge is 0.335 e.